The lowest BCUT2D eigenvalue weighted by Gasteiger charge is -2.05. The number of hydrogen-bond acceptors (Lipinski definition) is 3. The van der Waals surface area contributed by atoms with Crippen molar-refractivity contribution in [3.63, 3.8) is 0 Å². The fraction of sp³-hybridized carbons (Fsp3) is 0.227. The molecule has 3 rings (SSSR count). The van der Waals surface area contributed by atoms with Crippen molar-refractivity contribution in [3.05, 3.63) is 84.1 Å². The molecule has 0 radical (unpaired) electrons. The molecule has 0 spiro atoms. The summed E-state index contributed by atoms with van der Waals surface area (Å²) in [6.07, 6.45) is 1.07. The highest BCUT2D eigenvalue weighted by Crippen LogP contribution is 2.22. The van der Waals surface area contributed by atoms with Gasteiger partial charge in [0.2, 0.25) is 5.91 Å². The number of thioether (sulfide) groups is 1. The fourth-order valence-electron chi connectivity index (χ4n) is 2.62. The molecule has 0 unspecified atom stereocenters. The highest BCUT2D eigenvalue weighted by molar-refractivity contribution is 7.98. The number of benzene rings is 2. The second-order valence-corrected chi connectivity index (χ2v) is 7.13. The average molecular weight is 365 g/mol. The quantitative estimate of drug-likeness (QED) is 0.547. The molecule has 3 aromatic rings. The second-order valence-electron chi connectivity index (χ2n) is 6.02. The molecular formula is C22H23NO2S. The topological polar surface area (TPSA) is 42.2 Å². The van der Waals surface area contributed by atoms with Crippen LogP contribution in [0.2, 0.25) is 0 Å². The molecule has 0 fully saturated rings. The summed E-state index contributed by atoms with van der Waals surface area (Å²) in [5.74, 6) is 3.66. The van der Waals surface area contributed by atoms with Gasteiger partial charge in [-0.3, -0.25) is 4.79 Å². The summed E-state index contributed by atoms with van der Waals surface area (Å²) in [6.45, 7) is 0.698. The van der Waals surface area contributed by atoms with Crippen LogP contribution in [0, 0.1) is 0 Å². The van der Waals surface area contributed by atoms with Gasteiger partial charge in [-0.2, -0.15) is 11.8 Å². The van der Waals surface area contributed by atoms with Gasteiger partial charge < -0.3 is 9.73 Å². The molecule has 1 aromatic heterocycles. The molecule has 2 aromatic carbocycles. The first-order valence-corrected chi connectivity index (χ1v) is 9.99. The molecule has 1 N–H and O–H groups in total. The van der Waals surface area contributed by atoms with Crippen LogP contribution >= 0.6 is 11.8 Å². The highest BCUT2D eigenvalue weighted by Gasteiger charge is 2.07. The second kappa shape index (κ2) is 9.88. The first kappa shape index (κ1) is 18.3. The molecule has 134 valence electrons. The fourth-order valence-corrected chi connectivity index (χ4v) is 3.44. The molecule has 0 bridgehead atoms. The van der Waals surface area contributed by atoms with E-state index >= 15 is 0 Å². The third kappa shape index (κ3) is 5.81. The van der Waals surface area contributed by atoms with E-state index in [9.17, 15) is 4.79 Å². The number of amides is 1. The van der Waals surface area contributed by atoms with Crippen molar-refractivity contribution in [2.45, 2.75) is 18.6 Å². The number of carbonyl (C=O) groups is 1. The molecule has 4 heteroatoms. The Kier molecular flexibility index (Phi) is 6.96. The van der Waals surface area contributed by atoms with Gasteiger partial charge in [0.05, 0.1) is 0 Å². The highest BCUT2D eigenvalue weighted by atomic mass is 32.2. The molecule has 0 saturated carbocycles. The van der Waals surface area contributed by atoms with Crippen molar-refractivity contribution >= 4 is 17.7 Å². The van der Waals surface area contributed by atoms with Crippen LogP contribution in [0.15, 0.2) is 77.2 Å². The normalized spacial score (nSPS) is 10.6. The van der Waals surface area contributed by atoms with E-state index in [-0.39, 0.29) is 5.91 Å². The summed E-state index contributed by atoms with van der Waals surface area (Å²) in [7, 11) is 0. The van der Waals surface area contributed by atoms with Crippen molar-refractivity contribution < 1.29 is 9.21 Å². The SMILES string of the molecule is O=C(CCc1ccc(-c2ccccc2)o1)NCCSCc1ccccc1. The number of nitrogens with one attached hydrogen (secondary N) is 1. The molecule has 0 atom stereocenters. The summed E-state index contributed by atoms with van der Waals surface area (Å²) in [4.78, 5) is 12.0. The number of hydrogen-bond donors (Lipinski definition) is 1. The molecule has 3 nitrogen and oxygen atoms in total. The van der Waals surface area contributed by atoms with Crippen molar-refractivity contribution in [3.8, 4) is 11.3 Å². The first-order valence-electron chi connectivity index (χ1n) is 8.84. The number of carbonyl (C=O) groups excluding carboxylic acids is 1. The van der Waals surface area contributed by atoms with E-state index in [0.29, 0.717) is 19.4 Å². The predicted molar refractivity (Wildman–Crippen MR) is 108 cm³/mol. The molecule has 0 aliphatic rings. The van der Waals surface area contributed by atoms with Gasteiger partial charge in [-0.05, 0) is 17.7 Å². The van der Waals surface area contributed by atoms with Gasteiger partial charge in [0.25, 0.3) is 0 Å². The van der Waals surface area contributed by atoms with Crippen LogP contribution in [0.5, 0.6) is 0 Å². The third-order valence-corrected chi connectivity index (χ3v) is 5.03. The lowest BCUT2D eigenvalue weighted by Crippen LogP contribution is -2.25. The van der Waals surface area contributed by atoms with Gasteiger partial charge in [-0.1, -0.05) is 60.7 Å². The molecule has 0 saturated heterocycles. The Hall–Kier alpha value is -2.46. The third-order valence-electron chi connectivity index (χ3n) is 4.00. The molecule has 1 amide bonds. The first-order chi connectivity index (χ1) is 12.8. The Balaban J connectivity index is 1.32. The van der Waals surface area contributed by atoms with Crippen LogP contribution in [-0.2, 0) is 17.0 Å². The maximum atomic E-state index is 12.0. The zero-order valence-corrected chi connectivity index (χ0v) is 15.5. The minimum atomic E-state index is 0.0722. The van der Waals surface area contributed by atoms with Crippen LogP contribution in [0.1, 0.15) is 17.7 Å². The Morgan fingerprint density at radius 1 is 0.923 bits per heavy atom. The Morgan fingerprint density at radius 2 is 1.65 bits per heavy atom. The van der Waals surface area contributed by atoms with Gasteiger partial charge in [0.15, 0.2) is 0 Å². The van der Waals surface area contributed by atoms with Gasteiger partial charge in [-0.15, -0.1) is 0 Å². The lowest BCUT2D eigenvalue weighted by atomic mass is 10.2. The predicted octanol–water partition coefficient (Wildman–Crippen LogP) is 4.93. The zero-order valence-electron chi connectivity index (χ0n) is 14.7. The van der Waals surface area contributed by atoms with Gasteiger partial charge in [0, 0.05) is 36.5 Å². The van der Waals surface area contributed by atoms with E-state index < -0.39 is 0 Å². The molecule has 0 aliphatic carbocycles. The van der Waals surface area contributed by atoms with E-state index in [4.69, 9.17) is 4.42 Å². The lowest BCUT2D eigenvalue weighted by molar-refractivity contribution is -0.121. The maximum Gasteiger partial charge on any atom is 0.220 e. The summed E-state index contributed by atoms with van der Waals surface area (Å²) in [5, 5.41) is 2.98. The van der Waals surface area contributed by atoms with Crippen LogP contribution in [0.3, 0.4) is 0 Å². The van der Waals surface area contributed by atoms with E-state index in [1.807, 2.05) is 60.3 Å². The zero-order chi connectivity index (χ0) is 18.0. The van der Waals surface area contributed by atoms with Crippen LogP contribution in [0.4, 0.5) is 0 Å². The van der Waals surface area contributed by atoms with Crippen molar-refractivity contribution in [2.75, 3.05) is 12.3 Å². The van der Waals surface area contributed by atoms with E-state index in [2.05, 4.69) is 29.6 Å². The molecule has 0 aliphatic heterocycles. The Morgan fingerprint density at radius 3 is 2.42 bits per heavy atom. The number of aryl methyl sites for hydroxylation is 1. The van der Waals surface area contributed by atoms with E-state index in [1.165, 1.54) is 5.56 Å². The minimum absolute atomic E-state index is 0.0722. The van der Waals surface area contributed by atoms with Crippen LogP contribution in [-0.4, -0.2) is 18.2 Å². The summed E-state index contributed by atoms with van der Waals surface area (Å²) in [6, 6.07) is 24.3. The van der Waals surface area contributed by atoms with E-state index in [0.717, 1.165) is 28.6 Å². The molecule has 1 heterocycles. The Bertz CT molecular complexity index is 799. The van der Waals surface area contributed by atoms with Gasteiger partial charge in [-0.25, -0.2) is 0 Å². The van der Waals surface area contributed by atoms with E-state index in [1.54, 1.807) is 0 Å². The largest absolute Gasteiger partial charge is 0.461 e. The van der Waals surface area contributed by atoms with Gasteiger partial charge >= 0.3 is 0 Å². The standard InChI is InChI=1S/C22H23NO2S/c24-22(23-15-16-26-17-18-7-3-1-4-8-18)14-12-20-11-13-21(25-20)19-9-5-2-6-10-19/h1-11,13H,12,14-17H2,(H,23,24). The van der Waals surface area contributed by atoms with Crippen molar-refractivity contribution in [1.82, 2.24) is 5.32 Å². The number of furan rings is 1. The summed E-state index contributed by atoms with van der Waals surface area (Å²) >= 11 is 1.83. The maximum absolute atomic E-state index is 12.0. The number of rotatable bonds is 9. The van der Waals surface area contributed by atoms with Crippen molar-refractivity contribution in [1.29, 1.82) is 0 Å². The summed E-state index contributed by atoms with van der Waals surface area (Å²) < 4.78 is 5.83. The van der Waals surface area contributed by atoms with Crippen molar-refractivity contribution in [2.24, 2.45) is 0 Å². The summed E-state index contributed by atoms with van der Waals surface area (Å²) in [5.41, 5.74) is 2.37. The minimum Gasteiger partial charge on any atom is -0.461 e. The average Bonchev–Trinajstić information content (AvgIpc) is 3.17. The van der Waals surface area contributed by atoms with Crippen LogP contribution in [0.25, 0.3) is 11.3 Å². The monoisotopic (exact) mass is 365 g/mol. The smallest absolute Gasteiger partial charge is 0.220 e. The Labute approximate surface area is 158 Å². The van der Waals surface area contributed by atoms with Gasteiger partial charge in [0.1, 0.15) is 11.5 Å². The molecule has 26 heavy (non-hydrogen) atoms. The molecular weight excluding hydrogens is 342 g/mol. The van der Waals surface area contributed by atoms with Crippen LogP contribution < -0.4 is 5.32 Å².